The number of hydrogen-bond donors (Lipinski definition) is 3. The van der Waals surface area contributed by atoms with E-state index in [2.05, 4.69) is 20.3 Å². The Morgan fingerprint density at radius 2 is 2.12 bits per heavy atom. The molecule has 0 unspecified atom stereocenters. The van der Waals surface area contributed by atoms with Gasteiger partial charge in [0.1, 0.15) is 5.75 Å². The number of aromatic hydroxyl groups is 1. The van der Waals surface area contributed by atoms with Crippen LogP contribution in [-0.4, -0.2) is 21.3 Å². The van der Waals surface area contributed by atoms with Crippen LogP contribution in [0.5, 0.6) is 5.75 Å². The van der Waals surface area contributed by atoms with Crippen molar-refractivity contribution in [1.82, 2.24) is 10.3 Å². The van der Waals surface area contributed by atoms with Crippen molar-refractivity contribution in [3.05, 3.63) is 30.0 Å². The third-order valence-electron chi connectivity index (χ3n) is 1.88. The van der Waals surface area contributed by atoms with Gasteiger partial charge in [-0.1, -0.05) is 12.1 Å². The highest BCUT2D eigenvalue weighted by Gasteiger charge is 2.16. The lowest BCUT2D eigenvalue weighted by Gasteiger charge is -2.04. The molecule has 0 radical (unpaired) electrons. The van der Waals surface area contributed by atoms with E-state index >= 15 is 0 Å². The summed E-state index contributed by atoms with van der Waals surface area (Å²) in [5.41, 5.74) is 5.48. The average Bonchev–Trinajstić information content (AvgIpc) is 2.68. The molecule has 0 saturated carbocycles. The van der Waals surface area contributed by atoms with E-state index < -0.39 is 5.91 Å². The monoisotopic (exact) mass is 220 g/mol. The second kappa shape index (κ2) is 3.89. The molecular weight excluding hydrogens is 212 g/mol. The molecule has 82 valence electrons. The van der Waals surface area contributed by atoms with Gasteiger partial charge in [-0.25, -0.2) is 4.63 Å². The molecule has 1 amide bonds. The van der Waals surface area contributed by atoms with Gasteiger partial charge in [0.2, 0.25) is 11.5 Å². The molecule has 2 aromatic rings. The van der Waals surface area contributed by atoms with Crippen molar-refractivity contribution in [2.45, 2.75) is 0 Å². The number of benzene rings is 1. The number of amides is 1. The Morgan fingerprint density at radius 3 is 2.75 bits per heavy atom. The summed E-state index contributed by atoms with van der Waals surface area (Å²) in [7, 11) is 0. The lowest BCUT2D eigenvalue weighted by Crippen LogP contribution is -2.14. The van der Waals surface area contributed by atoms with E-state index in [0.29, 0.717) is 0 Å². The molecule has 0 bridgehead atoms. The highest BCUT2D eigenvalue weighted by atomic mass is 16.6. The van der Waals surface area contributed by atoms with Gasteiger partial charge in [0.15, 0.2) is 0 Å². The lowest BCUT2D eigenvalue weighted by atomic mass is 10.3. The van der Waals surface area contributed by atoms with E-state index in [1.165, 1.54) is 12.1 Å². The van der Waals surface area contributed by atoms with Gasteiger partial charge in [-0.15, -0.1) is 0 Å². The van der Waals surface area contributed by atoms with Crippen LogP contribution < -0.4 is 11.1 Å². The van der Waals surface area contributed by atoms with E-state index in [4.69, 9.17) is 5.73 Å². The molecule has 0 spiro atoms. The molecule has 0 aliphatic carbocycles. The number of nitrogens with zero attached hydrogens (tertiary/aromatic N) is 2. The zero-order valence-corrected chi connectivity index (χ0v) is 8.04. The second-order valence-corrected chi connectivity index (χ2v) is 2.97. The van der Waals surface area contributed by atoms with Gasteiger partial charge in [0, 0.05) is 0 Å². The van der Waals surface area contributed by atoms with Crippen LogP contribution in [0.25, 0.3) is 0 Å². The summed E-state index contributed by atoms with van der Waals surface area (Å²) in [4.78, 5) is 11.6. The van der Waals surface area contributed by atoms with Crippen LogP contribution in [0.2, 0.25) is 0 Å². The number of para-hydroxylation sites is 2. The number of phenols is 1. The van der Waals surface area contributed by atoms with Gasteiger partial charge in [-0.05, 0) is 22.4 Å². The molecule has 0 aliphatic rings. The maximum absolute atomic E-state index is 11.6. The van der Waals surface area contributed by atoms with E-state index in [1.54, 1.807) is 12.1 Å². The molecule has 0 atom stereocenters. The first-order valence-corrected chi connectivity index (χ1v) is 4.36. The van der Waals surface area contributed by atoms with E-state index in [0.717, 1.165) is 0 Å². The second-order valence-electron chi connectivity index (χ2n) is 2.97. The van der Waals surface area contributed by atoms with Crippen LogP contribution in [0.15, 0.2) is 28.9 Å². The van der Waals surface area contributed by atoms with Gasteiger partial charge in [-0.2, -0.15) is 0 Å². The SMILES string of the molecule is Nc1nonc1C(=O)Nc1ccccc1O. The first kappa shape index (κ1) is 9.97. The molecule has 7 nitrogen and oxygen atoms in total. The number of rotatable bonds is 2. The first-order chi connectivity index (χ1) is 7.68. The van der Waals surface area contributed by atoms with Crippen molar-refractivity contribution < 1.29 is 14.5 Å². The number of nitrogens with two attached hydrogens (primary N) is 1. The Bertz CT molecular complexity index is 523. The van der Waals surface area contributed by atoms with Crippen LogP contribution >= 0.6 is 0 Å². The Labute approximate surface area is 89.8 Å². The smallest absolute Gasteiger partial charge is 0.281 e. The Kier molecular flexibility index (Phi) is 2.42. The zero-order chi connectivity index (χ0) is 11.5. The van der Waals surface area contributed by atoms with Gasteiger partial charge in [0.25, 0.3) is 5.91 Å². The highest BCUT2D eigenvalue weighted by molar-refractivity contribution is 6.06. The number of phenolic OH excluding ortho intramolecular Hbond substituents is 1. The van der Waals surface area contributed by atoms with Crippen LogP contribution in [0.3, 0.4) is 0 Å². The number of nitrogen functional groups attached to an aromatic ring is 1. The quantitative estimate of drug-likeness (QED) is 0.639. The average molecular weight is 220 g/mol. The summed E-state index contributed by atoms with van der Waals surface area (Å²) in [6.45, 7) is 0. The Morgan fingerprint density at radius 1 is 1.38 bits per heavy atom. The summed E-state index contributed by atoms with van der Waals surface area (Å²) >= 11 is 0. The number of carbonyl (C=O) groups excluding carboxylic acids is 1. The zero-order valence-electron chi connectivity index (χ0n) is 8.04. The van der Waals surface area contributed by atoms with Gasteiger partial charge < -0.3 is 16.2 Å². The predicted octanol–water partition coefficient (Wildman–Crippen LogP) is 0.610. The van der Waals surface area contributed by atoms with Crippen molar-refractivity contribution in [3.8, 4) is 5.75 Å². The molecule has 1 heterocycles. The number of hydrogen-bond acceptors (Lipinski definition) is 6. The van der Waals surface area contributed by atoms with Crippen molar-refractivity contribution in [2.75, 3.05) is 11.1 Å². The van der Waals surface area contributed by atoms with E-state index in [1.807, 2.05) is 0 Å². The van der Waals surface area contributed by atoms with Crippen molar-refractivity contribution in [1.29, 1.82) is 0 Å². The topological polar surface area (TPSA) is 114 Å². The van der Waals surface area contributed by atoms with Crippen molar-refractivity contribution in [3.63, 3.8) is 0 Å². The highest BCUT2D eigenvalue weighted by Crippen LogP contribution is 2.22. The fraction of sp³-hybridized carbons (Fsp3) is 0. The lowest BCUT2D eigenvalue weighted by molar-refractivity contribution is 0.101. The summed E-state index contributed by atoms with van der Waals surface area (Å²) < 4.78 is 4.29. The van der Waals surface area contributed by atoms with Crippen LogP contribution in [0, 0.1) is 0 Å². The molecule has 1 aromatic carbocycles. The van der Waals surface area contributed by atoms with Crippen LogP contribution in [0.1, 0.15) is 10.5 Å². The predicted molar refractivity (Wildman–Crippen MR) is 54.8 cm³/mol. The summed E-state index contributed by atoms with van der Waals surface area (Å²) in [6, 6.07) is 6.29. The molecule has 0 aliphatic heterocycles. The minimum absolute atomic E-state index is 0.0501. The first-order valence-electron chi connectivity index (χ1n) is 4.36. The number of anilines is 2. The Balaban J connectivity index is 2.21. The normalized spacial score (nSPS) is 10.0. The molecule has 0 saturated heterocycles. The maximum atomic E-state index is 11.6. The third-order valence-corrected chi connectivity index (χ3v) is 1.88. The fourth-order valence-electron chi connectivity index (χ4n) is 1.11. The van der Waals surface area contributed by atoms with Gasteiger partial charge in [-0.3, -0.25) is 4.79 Å². The molecule has 0 fully saturated rings. The van der Waals surface area contributed by atoms with Gasteiger partial charge >= 0.3 is 0 Å². The fourth-order valence-corrected chi connectivity index (χ4v) is 1.11. The molecule has 16 heavy (non-hydrogen) atoms. The number of carbonyl (C=O) groups is 1. The third kappa shape index (κ3) is 1.78. The summed E-state index contributed by atoms with van der Waals surface area (Å²) in [5, 5.41) is 18.4. The minimum atomic E-state index is -0.597. The Hall–Kier alpha value is -2.57. The van der Waals surface area contributed by atoms with Gasteiger partial charge in [0.05, 0.1) is 5.69 Å². The standard InChI is InChI=1S/C9H8N4O3/c10-8-7(12-16-13-8)9(15)11-5-3-1-2-4-6(5)14/h1-4,14H,(H2,10,13)(H,11,15). The summed E-state index contributed by atoms with van der Waals surface area (Å²) in [6.07, 6.45) is 0. The summed E-state index contributed by atoms with van der Waals surface area (Å²) in [5.74, 6) is -0.751. The molecular formula is C9H8N4O3. The van der Waals surface area contributed by atoms with E-state index in [-0.39, 0.29) is 22.9 Å². The van der Waals surface area contributed by atoms with Crippen molar-refractivity contribution >= 4 is 17.4 Å². The molecule has 4 N–H and O–H groups in total. The molecule has 7 heteroatoms. The minimum Gasteiger partial charge on any atom is -0.506 e. The van der Waals surface area contributed by atoms with Crippen molar-refractivity contribution in [2.24, 2.45) is 0 Å². The number of nitrogens with one attached hydrogen (secondary N) is 1. The van der Waals surface area contributed by atoms with Crippen LogP contribution in [-0.2, 0) is 0 Å². The maximum Gasteiger partial charge on any atom is 0.281 e. The largest absolute Gasteiger partial charge is 0.506 e. The number of aromatic nitrogens is 2. The van der Waals surface area contributed by atoms with Crippen LogP contribution in [0.4, 0.5) is 11.5 Å². The molecule has 2 rings (SSSR count). The molecule has 1 aromatic heterocycles. The van der Waals surface area contributed by atoms with E-state index in [9.17, 15) is 9.90 Å².